The summed E-state index contributed by atoms with van der Waals surface area (Å²) in [5, 5.41) is 7.68. The lowest BCUT2D eigenvalue weighted by atomic mass is 10.2. The van der Waals surface area contributed by atoms with E-state index in [0.29, 0.717) is 0 Å². The molecule has 21 heavy (non-hydrogen) atoms. The molecular formula is C16H17N5. The van der Waals surface area contributed by atoms with E-state index >= 15 is 0 Å². The highest BCUT2D eigenvalue weighted by Crippen LogP contribution is 2.08. The fraction of sp³-hybridized carbons (Fsp3) is 0.188. The Morgan fingerprint density at radius 2 is 2.00 bits per heavy atom. The molecule has 3 rings (SSSR count). The van der Waals surface area contributed by atoms with Gasteiger partial charge in [-0.3, -0.25) is 0 Å². The normalized spacial score (nSPS) is 10.5. The number of hydrogen-bond acceptors (Lipinski definition) is 4. The van der Waals surface area contributed by atoms with Crippen LogP contribution in [0.25, 0.3) is 5.69 Å². The first-order chi connectivity index (χ1) is 10.3. The van der Waals surface area contributed by atoms with Gasteiger partial charge in [0, 0.05) is 18.9 Å². The highest BCUT2D eigenvalue weighted by molar-refractivity contribution is 5.33. The molecule has 1 aromatic carbocycles. The van der Waals surface area contributed by atoms with E-state index in [2.05, 4.69) is 26.6 Å². The topological polar surface area (TPSA) is 55.6 Å². The Morgan fingerprint density at radius 1 is 1.14 bits per heavy atom. The van der Waals surface area contributed by atoms with Crippen molar-refractivity contribution in [2.45, 2.75) is 13.3 Å². The Kier molecular flexibility index (Phi) is 3.91. The predicted molar refractivity (Wildman–Crippen MR) is 82.5 cm³/mol. The summed E-state index contributed by atoms with van der Waals surface area (Å²) in [7, 11) is 0. The third-order valence-corrected chi connectivity index (χ3v) is 3.15. The minimum absolute atomic E-state index is 0.775. The van der Waals surface area contributed by atoms with Crippen LogP contribution in [-0.4, -0.2) is 26.3 Å². The van der Waals surface area contributed by atoms with E-state index in [1.54, 1.807) is 6.20 Å². The van der Waals surface area contributed by atoms with Crippen LogP contribution in [0, 0.1) is 6.92 Å². The highest BCUT2D eigenvalue weighted by Gasteiger charge is 2.01. The Morgan fingerprint density at radius 3 is 2.81 bits per heavy atom. The lowest BCUT2D eigenvalue weighted by molar-refractivity contribution is 0.879. The van der Waals surface area contributed by atoms with Crippen molar-refractivity contribution in [3.8, 4) is 5.69 Å². The maximum atomic E-state index is 4.39. The van der Waals surface area contributed by atoms with Gasteiger partial charge < -0.3 is 5.32 Å². The molecular weight excluding hydrogens is 262 g/mol. The Hall–Kier alpha value is -2.69. The number of anilines is 1. The van der Waals surface area contributed by atoms with Crippen LogP contribution in [0.3, 0.4) is 0 Å². The molecule has 0 saturated carbocycles. The van der Waals surface area contributed by atoms with Crippen LogP contribution in [0.2, 0.25) is 0 Å². The van der Waals surface area contributed by atoms with Gasteiger partial charge >= 0.3 is 0 Å². The number of hydrogen-bond donors (Lipinski definition) is 1. The standard InChI is InChI=1S/C16H17N5/c1-13-17-10-8-16(20-13)18-9-7-14-11-19-21(12-14)15-5-3-2-4-6-15/h2-6,8,10-12H,7,9H2,1H3,(H,17,18,20). The number of benzene rings is 1. The molecule has 0 fully saturated rings. The average molecular weight is 279 g/mol. The molecule has 106 valence electrons. The molecule has 0 bridgehead atoms. The number of aryl methyl sites for hydroxylation is 1. The van der Waals surface area contributed by atoms with Gasteiger partial charge in [-0.25, -0.2) is 14.6 Å². The first kappa shape index (κ1) is 13.3. The van der Waals surface area contributed by atoms with Gasteiger partial charge in [0.15, 0.2) is 0 Å². The second-order valence-corrected chi connectivity index (χ2v) is 4.79. The van der Waals surface area contributed by atoms with Crippen molar-refractivity contribution in [3.05, 3.63) is 66.4 Å². The van der Waals surface area contributed by atoms with Crippen LogP contribution in [-0.2, 0) is 6.42 Å². The van der Waals surface area contributed by atoms with Gasteiger partial charge in [0.2, 0.25) is 0 Å². The van der Waals surface area contributed by atoms with E-state index in [0.717, 1.165) is 30.3 Å². The fourth-order valence-corrected chi connectivity index (χ4v) is 2.10. The van der Waals surface area contributed by atoms with Crippen LogP contribution in [0.5, 0.6) is 0 Å². The number of nitrogens with one attached hydrogen (secondary N) is 1. The van der Waals surface area contributed by atoms with Crippen LogP contribution >= 0.6 is 0 Å². The third-order valence-electron chi connectivity index (χ3n) is 3.15. The molecule has 0 unspecified atom stereocenters. The van der Waals surface area contributed by atoms with E-state index in [9.17, 15) is 0 Å². The molecule has 2 aromatic heterocycles. The van der Waals surface area contributed by atoms with Gasteiger partial charge in [0.05, 0.1) is 11.9 Å². The molecule has 3 aromatic rings. The molecule has 1 N–H and O–H groups in total. The number of nitrogens with zero attached hydrogens (tertiary/aromatic N) is 4. The fourth-order valence-electron chi connectivity index (χ4n) is 2.10. The Labute approximate surface area is 123 Å². The zero-order valence-electron chi connectivity index (χ0n) is 11.9. The van der Waals surface area contributed by atoms with Crippen molar-refractivity contribution < 1.29 is 0 Å². The van der Waals surface area contributed by atoms with Crippen molar-refractivity contribution >= 4 is 5.82 Å². The number of rotatable bonds is 5. The van der Waals surface area contributed by atoms with Crippen LogP contribution in [0.1, 0.15) is 11.4 Å². The molecule has 0 atom stereocenters. The summed E-state index contributed by atoms with van der Waals surface area (Å²) in [6.07, 6.45) is 6.62. The number of aromatic nitrogens is 4. The molecule has 0 aliphatic heterocycles. The van der Waals surface area contributed by atoms with Gasteiger partial charge in [0.25, 0.3) is 0 Å². The maximum Gasteiger partial charge on any atom is 0.129 e. The molecule has 0 aliphatic rings. The smallest absolute Gasteiger partial charge is 0.129 e. The summed E-state index contributed by atoms with van der Waals surface area (Å²) in [6.45, 7) is 2.70. The summed E-state index contributed by atoms with van der Waals surface area (Å²) in [6, 6.07) is 12.0. The molecule has 0 saturated heterocycles. The van der Waals surface area contributed by atoms with Crippen molar-refractivity contribution in [1.82, 2.24) is 19.7 Å². The van der Waals surface area contributed by atoms with E-state index in [1.165, 1.54) is 5.56 Å². The minimum Gasteiger partial charge on any atom is -0.370 e. The van der Waals surface area contributed by atoms with Crippen LogP contribution in [0.15, 0.2) is 55.0 Å². The summed E-state index contributed by atoms with van der Waals surface area (Å²) in [4.78, 5) is 8.39. The SMILES string of the molecule is Cc1nccc(NCCc2cnn(-c3ccccc3)c2)n1. The second kappa shape index (κ2) is 6.17. The second-order valence-electron chi connectivity index (χ2n) is 4.79. The van der Waals surface area contributed by atoms with Crippen molar-refractivity contribution in [3.63, 3.8) is 0 Å². The van der Waals surface area contributed by atoms with Crippen LogP contribution in [0.4, 0.5) is 5.82 Å². The van der Waals surface area contributed by atoms with Crippen molar-refractivity contribution in [1.29, 1.82) is 0 Å². The average Bonchev–Trinajstić information content (AvgIpc) is 2.97. The van der Waals surface area contributed by atoms with Crippen molar-refractivity contribution in [2.24, 2.45) is 0 Å². The lowest BCUT2D eigenvalue weighted by Crippen LogP contribution is -2.06. The molecule has 5 nitrogen and oxygen atoms in total. The summed E-state index contributed by atoms with van der Waals surface area (Å²) < 4.78 is 1.89. The molecule has 0 aliphatic carbocycles. The van der Waals surface area contributed by atoms with Gasteiger partial charge in [-0.05, 0) is 37.1 Å². The van der Waals surface area contributed by atoms with Gasteiger partial charge in [0.1, 0.15) is 11.6 Å². The predicted octanol–water partition coefficient (Wildman–Crippen LogP) is 2.63. The van der Waals surface area contributed by atoms with E-state index in [4.69, 9.17) is 0 Å². The van der Waals surface area contributed by atoms with Gasteiger partial charge in [-0.1, -0.05) is 18.2 Å². The summed E-state index contributed by atoms with van der Waals surface area (Å²) in [5.74, 6) is 1.63. The van der Waals surface area contributed by atoms with E-state index < -0.39 is 0 Å². The largest absolute Gasteiger partial charge is 0.370 e. The van der Waals surface area contributed by atoms with E-state index in [1.807, 2.05) is 54.2 Å². The first-order valence-electron chi connectivity index (χ1n) is 6.94. The highest BCUT2D eigenvalue weighted by atomic mass is 15.3. The van der Waals surface area contributed by atoms with E-state index in [-0.39, 0.29) is 0 Å². The maximum absolute atomic E-state index is 4.39. The quantitative estimate of drug-likeness (QED) is 0.780. The molecule has 5 heteroatoms. The van der Waals surface area contributed by atoms with Crippen LogP contribution < -0.4 is 5.32 Å². The number of para-hydroxylation sites is 1. The Balaban J connectivity index is 1.58. The minimum atomic E-state index is 0.775. The summed E-state index contributed by atoms with van der Waals surface area (Å²) >= 11 is 0. The van der Waals surface area contributed by atoms with Crippen molar-refractivity contribution in [2.75, 3.05) is 11.9 Å². The Bertz CT molecular complexity index is 705. The third kappa shape index (κ3) is 3.45. The summed E-state index contributed by atoms with van der Waals surface area (Å²) in [5.41, 5.74) is 2.26. The first-order valence-corrected chi connectivity index (χ1v) is 6.94. The molecule has 0 radical (unpaired) electrons. The van der Waals surface area contributed by atoms with Gasteiger partial charge in [-0.15, -0.1) is 0 Å². The van der Waals surface area contributed by atoms with Gasteiger partial charge in [-0.2, -0.15) is 5.10 Å². The zero-order chi connectivity index (χ0) is 14.5. The molecule has 2 heterocycles. The molecule has 0 amide bonds. The molecule has 0 spiro atoms. The monoisotopic (exact) mass is 279 g/mol. The zero-order valence-corrected chi connectivity index (χ0v) is 11.9. The lowest BCUT2D eigenvalue weighted by Gasteiger charge is -2.04.